The Balaban J connectivity index is 1.95. The molecule has 0 unspecified atom stereocenters. The maximum Gasteiger partial charge on any atom is 0.0689 e. The highest BCUT2D eigenvalue weighted by Gasteiger charge is 2.33. The Bertz CT molecular complexity index is 442. The third kappa shape index (κ3) is 4.11. The lowest BCUT2D eigenvalue weighted by Gasteiger charge is -2.36. The lowest BCUT2D eigenvalue weighted by atomic mass is 9.78. The minimum atomic E-state index is -0.640. The summed E-state index contributed by atoms with van der Waals surface area (Å²) < 4.78 is 0. The molecule has 0 atom stereocenters. The van der Waals surface area contributed by atoms with Gasteiger partial charge < -0.3 is 10.4 Å². The maximum atomic E-state index is 10.8. The van der Waals surface area contributed by atoms with E-state index in [0.29, 0.717) is 22.5 Å². The quantitative estimate of drug-likeness (QED) is 0.853. The summed E-state index contributed by atoms with van der Waals surface area (Å²) in [6, 6.07) is 6.17. The number of rotatable bonds is 5. The van der Waals surface area contributed by atoms with E-state index >= 15 is 0 Å². The second-order valence-corrected chi connectivity index (χ2v) is 6.63. The van der Waals surface area contributed by atoms with Crippen molar-refractivity contribution in [1.82, 2.24) is 5.32 Å². The number of hydrogen-bond donors (Lipinski definition) is 2. The van der Waals surface area contributed by atoms with E-state index in [1.54, 1.807) is 6.07 Å². The van der Waals surface area contributed by atoms with E-state index in [4.69, 9.17) is 23.2 Å². The summed E-state index contributed by atoms with van der Waals surface area (Å²) >= 11 is 12.2. The van der Waals surface area contributed by atoms with Gasteiger partial charge in [-0.2, -0.15) is 0 Å². The first-order valence-corrected chi connectivity index (χ1v) is 8.18. The lowest BCUT2D eigenvalue weighted by molar-refractivity contribution is -0.00304. The molecule has 0 heterocycles. The van der Waals surface area contributed by atoms with Crippen LogP contribution in [0.25, 0.3) is 0 Å². The fourth-order valence-corrected chi connectivity index (χ4v) is 3.31. The fourth-order valence-electron chi connectivity index (χ4n) is 2.92. The van der Waals surface area contributed by atoms with Crippen molar-refractivity contribution < 1.29 is 5.11 Å². The molecule has 0 amide bonds. The summed E-state index contributed by atoms with van der Waals surface area (Å²) in [5.74, 6) is 0. The zero-order valence-corrected chi connectivity index (χ0v) is 13.5. The van der Waals surface area contributed by atoms with E-state index in [1.165, 1.54) is 0 Å². The van der Waals surface area contributed by atoms with Crippen LogP contribution in [-0.4, -0.2) is 23.3 Å². The first-order valence-electron chi connectivity index (χ1n) is 7.43. The monoisotopic (exact) mass is 315 g/mol. The highest BCUT2D eigenvalue weighted by molar-refractivity contribution is 6.42. The predicted octanol–water partition coefficient (Wildman–Crippen LogP) is 4.21. The molecule has 112 valence electrons. The topological polar surface area (TPSA) is 32.3 Å². The predicted molar refractivity (Wildman–Crippen MR) is 85.7 cm³/mol. The number of aliphatic hydroxyl groups is 1. The first kappa shape index (κ1) is 16.1. The van der Waals surface area contributed by atoms with Crippen LogP contribution in [0.15, 0.2) is 18.2 Å². The van der Waals surface area contributed by atoms with Gasteiger partial charge in [-0.25, -0.2) is 0 Å². The average molecular weight is 316 g/mol. The molecular formula is C16H23Cl2NO. The van der Waals surface area contributed by atoms with Gasteiger partial charge in [0.2, 0.25) is 0 Å². The first-order chi connectivity index (χ1) is 9.54. The van der Waals surface area contributed by atoms with Crippen molar-refractivity contribution in [2.45, 2.75) is 57.1 Å². The van der Waals surface area contributed by atoms with Crippen LogP contribution in [0.5, 0.6) is 0 Å². The summed E-state index contributed by atoms with van der Waals surface area (Å²) in [5, 5.41) is 15.4. The van der Waals surface area contributed by atoms with Gasteiger partial charge in [-0.1, -0.05) is 42.3 Å². The molecule has 1 fully saturated rings. The Labute approximate surface area is 131 Å². The van der Waals surface area contributed by atoms with Gasteiger partial charge >= 0.3 is 0 Å². The minimum absolute atomic E-state index is 0.546. The molecule has 2 N–H and O–H groups in total. The van der Waals surface area contributed by atoms with E-state index in [1.807, 2.05) is 12.1 Å². The summed E-state index contributed by atoms with van der Waals surface area (Å²) in [4.78, 5) is 0. The molecule has 0 bridgehead atoms. The van der Waals surface area contributed by atoms with Gasteiger partial charge in [-0.3, -0.25) is 0 Å². The van der Waals surface area contributed by atoms with Crippen LogP contribution in [0, 0.1) is 0 Å². The SMILES string of the molecule is CCCNC1CCC(O)(Cc2cccc(Cl)c2Cl)CC1. The molecule has 1 aliphatic rings. The molecule has 4 heteroatoms. The van der Waals surface area contributed by atoms with Crippen LogP contribution in [0.3, 0.4) is 0 Å². The summed E-state index contributed by atoms with van der Waals surface area (Å²) in [6.07, 6.45) is 5.42. The molecule has 1 aromatic rings. The van der Waals surface area contributed by atoms with Crippen LogP contribution < -0.4 is 5.32 Å². The van der Waals surface area contributed by atoms with Crippen molar-refractivity contribution in [3.63, 3.8) is 0 Å². The maximum absolute atomic E-state index is 10.8. The fraction of sp³-hybridized carbons (Fsp3) is 0.625. The molecule has 0 spiro atoms. The standard InChI is InChI=1S/C16H23Cl2NO/c1-2-10-19-13-6-8-16(20,9-7-13)11-12-4-3-5-14(17)15(12)18/h3-5,13,19-20H,2,6-11H2,1H3. The van der Waals surface area contributed by atoms with Crippen LogP contribution in [0.2, 0.25) is 10.0 Å². The van der Waals surface area contributed by atoms with E-state index in [9.17, 15) is 5.11 Å². The summed E-state index contributed by atoms with van der Waals surface area (Å²) in [5.41, 5.74) is 0.306. The van der Waals surface area contributed by atoms with Gasteiger partial charge in [-0.15, -0.1) is 0 Å². The zero-order valence-electron chi connectivity index (χ0n) is 12.0. The number of nitrogens with one attached hydrogen (secondary N) is 1. The van der Waals surface area contributed by atoms with Gasteiger partial charge in [0.05, 0.1) is 15.6 Å². The second-order valence-electron chi connectivity index (χ2n) is 5.84. The highest BCUT2D eigenvalue weighted by Crippen LogP contribution is 2.35. The number of halogens is 2. The van der Waals surface area contributed by atoms with Gasteiger partial charge in [0.15, 0.2) is 0 Å². The zero-order chi connectivity index (χ0) is 14.6. The van der Waals surface area contributed by atoms with Crippen LogP contribution in [-0.2, 0) is 6.42 Å². The molecule has 1 saturated carbocycles. The number of benzene rings is 1. The van der Waals surface area contributed by atoms with Crippen molar-refractivity contribution in [2.24, 2.45) is 0 Å². The third-order valence-corrected chi connectivity index (χ3v) is 5.01. The van der Waals surface area contributed by atoms with Crippen molar-refractivity contribution in [3.8, 4) is 0 Å². The molecule has 1 aliphatic carbocycles. The molecule has 2 rings (SSSR count). The summed E-state index contributed by atoms with van der Waals surface area (Å²) in [7, 11) is 0. The lowest BCUT2D eigenvalue weighted by Crippen LogP contribution is -2.42. The van der Waals surface area contributed by atoms with Crippen LogP contribution >= 0.6 is 23.2 Å². The van der Waals surface area contributed by atoms with Gasteiger partial charge in [0, 0.05) is 12.5 Å². The van der Waals surface area contributed by atoms with E-state index in [2.05, 4.69) is 12.2 Å². The molecule has 0 aromatic heterocycles. The Hall–Kier alpha value is -0.280. The molecule has 0 aliphatic heterocycles. The smallest absolute Gasteiger partial charge is 0.0689 e. The average Bonchev–Trinajstić information content (AvgIpc) is 2.43. The molecule has 20 heavy (non-hydrogen) atoms. The largest absolute Gasteiger partial charge is 0.390 e. The Kier molecular flexibility index (Phi) is 5.74. The molecule has 1 aromatic carbocycles. The number of hydrogen-bond acceptors (Lipinski definition) is 2. The third-order valence-electron chi connectivity index (χ3n) is 4.15. The Morgan fingerprint density at radius 1 is 1.30 bits per heavy atom. The van der Waals surface area contributed by atoms with E-state index in [-0.39, 0.29) is 0 Å². The van der Waals surface area contributed by atoms with Gasteiger partial charge in [0.1, 0.15) is 0 Å². The summed E-state index contributed by atoms with van der Waals surface area (Å²) in [6.45, 7) is 3.23. The van der Waals surface area contributed by atoms with Crippen LogP contribution in [0.1, 0.15) is 44.6 Å². The van der Waals surface area contributed by atoms with E-state index in [0.717, 1.165) is 44.2 Å². The minimum Gasteiger partial charge on any atom is -0.390 e. The molecule has 0 radical (unpaired) electrons. The Morgan fingerprint density at radius 3 is 2.65 bits per heavy atom. The van der Waals surface area contributed by atoms with Crippen molar-refractivity contribution >= 4 is 23.2 Å². The van der Waals surface area contributed by atoms with Crippen molar-refractivity contribution in [3.05, 3.63) is 33.8 Å². The Morgan fingerprint density at radius 2 is 2.00 bits per heavy atom. The highest BCUT2D eigenvalue weighted by atomic mass is 35.5. The van der Waals surface area contributed by atoms with Gasteiger partial charge in [-0.05, 0) is 50.3 Å². The normalized spacial score (nSPS) is 26.7. The van der Waals surface area contributed by atoms with Crippen molar-refractivity contribution in [2.75, 3.05) is 6.54 Å². The van der Waals surface area contributed by atoms with Crippen LogP contribution in [0.4, 0.5) is 0 Å². The molecular weight excluding hydrogens is 293 g/mol. The molecule has 2 nitrogen and oxygen atoms in total. The van der Waals surface area contributed by atoms with Gasteiger partial charge in [0.25, 0.3) is 0 Å². The molecule has 0 saturated heterocycles. The second kappa shape index (κ2) is 7.13. The van der Waals surface area contributed by atoms with E-state index < -0.39 is 5.60 Å². The van der Waals surface area contributed by atoms with Crippen molar-refractivity contribution in [1.29, 1.82) is 0 Å².